The highest BCUT2D eigenvalue weighted by Crippen LogP contribution is 2.24. The highest BCUT2D eigenvalue weighted by molar-refractivity contribution is 7.82. The Balaban J connectivity index is 2.31. The van der Waals surface area contributed by atoms with Crippen molar-refractivity contribution in [1.82, 2.24) is 0 Å². The van der Waals surface area contributed by atoms with Crippen LogP contribution >= 0.6 is 12.8 Å². The van der Waals surface area contributed by atoms with E-state index in [1.807, 2.05) is 42.5 Å². The average Bonchev–Trinajstić information content (AvgIpc) is 2.46. The van der Waals surface area contributed by atoms with Crippen molar-refractivity contribution in [2.45, 2.75) is 13.3 Å². The first-order chi connectivity index (χ1) is 8.74. The number of aryl methyl sites for hydroxylation is 1. The number of amides is 1. The van der Waals surface area contributed by atoms with Gasteiger partial charge in [0.25, 0.3) is 5.91 Å². The molecule has 0 aromatic heterocycles. The molecule has 2 nitrogen and oxygen atoms in total. The van der Waals surface area contributed by atoms with Gasteiger partial charge in [0.05, 0.1) is 5.69 Å². The minimum atomic E-state index is -0.111. The number of nitrogens with zero attached hydrogens (tertiary/aromatic N) is 1. The number of benzene rings is 2. The number of rotatable bonds is 3. The monoisotopic (exact) mass is 257 g/mol. The molecule has 0 fully saturated rings. The zero-order valence-corrected chi connectivity index (χ0v) is 11.1. The second kappa shape index (κ2) is 5.74. The second-order valence-corrected chi connectivity index (χ2v) is 4.37. The second-order valence-electron chi connectivity index (χ2n) is 3.97. The summed E-state index contributed by atoms with van der Waals surface area (Å²) >= 11 is 4.33. The fourth-order valence-corrected chi connectivity index (χ4v) is 2.14. The maximum absolute atomic E-state index is 12.3. The van der Waals surface area contributed by atoms with Crippen LogP contribution in [-0.2, 0) is 6.42 Å². The van der Waals surface area contributed by atoms with E-state index in [1.54, 1.807) is 12.1 Å². The van der Waals surface area contributed by atoms with Crippen LogP contribution in [0.3, 0.4) is 0 Å². The Hall–Kier alpha value is -1.74. The number of carbonyl (C=O) groups is 1. The summed E-state index contributed by atoms with van der Waals surface area (Å²) in [4.78, 5) is 12.3. The molecule has 18 heavy (non-hydrogen) atoms. The lowest BCUT2D eigenvalue weighted by Crippen LogP contribution is -2.21. The molecule has 2 aromatic rings. The topological polar surface area (TPSA) is 20.3 Å². The Morgan fingerprint density at radius 2 is 1.67 bits per heavy atom. The molecule has 0 bridgehead atoms. The molecule has 0 saturated carbocycles. The summed E-state index contributed by atoms with van der Waals surface area (Å²) in [5, 5.41) is 0. The molecule has 3 heteroatoms. The summed E-state index contributed by atoms with van der Waals surface area (Å²) in [5.74, 6) is -0.111. The molecule has 0 spiro atoms. The van der Waals surface area contributed by atoms with Crippen LogP contribution in [0.4, 0.5) is 5.69 Å². The van der Waals surface area contributed by atoms with Crippen molar-refractivity contribution in [3.05, 3.63) is 65.7 Å². The predicted molar refractivity (Wildman–Crippen MR) is 78.1 cm³/mol. The van der Waals surface area contributed by atoms with Crippen molar-refractivity contribution in [2.75, 3.05) is 4.31 Å². The van der Waals surface area contributed by atoms with Gasteiger partial charge in [0.2, 0.25) is 0 Å². The van der Waals surface area contributed by atoms with Gasteiger partial charge in [-0.2, -0.15) is 0 Å². The molecule has 0 saturated heterocycles. The third-order valence-electron chi connectivity index (χ3n) is 2.81. The zero-order chi connectivity index (χ0) is 13.0. The van der Waals surface area contributed by atoms with Crippen LogP contribution < -0.4 is 4.31 Å². The Morgan fingerprint density at radius 3 is 2.33 bits per heavy atom. The number of hydrogen-bond acceptors (Lipinski definition) is 2. The lowest BCUT2D eigenvalue weighted by molar-refractivity contribution is 0.101. The third-order valence-corrected chi connectivity index (χ3v) is 3.21. The third kappa shape index (κ3) is 2.57. The van der Waals surface area contributed by atoms with Crippen molar-refractivity contribution < 1.29 is 4.79 Å². The SMILES string of the molecule is CCc1ccccc1N(S)C(=O)c1ccccc1. The number of para-hydroxylation sites is 1. The van der Waals surface area contributed by atoms with Gasteiger partial charge >= 0.3 is 0 Å². The van der Waals surface area contributed by atoms with Crippen LogP contribution in [0.5, 0.6) is 0 Å². The molecule has 2 rings (SSSR count). The van der Waals surface area contributed by atoms with Crippen molar-refractivity contribution in [2.24, 2.45) is 0 Å². The quantitative estimate of drug-likeness (QED) is 0.830. The van der Waals surface area contributed by atoms with E-state index < -0.39 is 0 Å². The van der Waals surface area contributed by atoms with Crippen LogP contribution in [0, 0.1) is 0 Å². The maximum atomic E-state index is 12.3. The van der Waals surface area contributed by atoms with Crippen molar-refractivity contribution in [1.29, 1.82) is 0 Å². The van der Waals surface area contributed by atoms with Gasteiger partial charge in [0.15, 0.2) is 0 Å². The Bertz CT molecular complexity index is 539. The lowest BCUT2D eigenvalue weighted by Gasteiger charge is -2.18. The Morgan fingerprint density at radius 1 is 1.06 bits per heavy atom. The van der Waals surface area contributed by atoms with Gasteiger partial charge in [0, 0.05) is 5.56 Å². The van der Waals surface area contributed by atoms with E-state index in [-0.39, 0.29) is 5.91 Å². The summed E-state index contributed by atoms with van der Waals surface area (Å²) < 4.78 is 1.41. The van der Waals surface area contributed by atoms with Crippen LogP contribution in [0.1, 0.15) is 22.8 Å². The minimum Gasteiger partial charge on any atom is -0.268 e. The number of hydrogen-bond donors (Lipinski definition) is 1. The standard InChI is InChI=1S/C15H15NOS/c1-2-12-8-6-7-11-14(12)16(18)15(17)13-9-4-3-5-10-13/h3-11,18H,2H2,1H3. The van der Waals surface area contributed by atoms with E-state index in [9.17, 15) is 4.79 Å². The smallest absolute Gasteiger partial charge is 0.268 e. The molecule has 2 aromatic carbocycles. The molecule has 0 aliphatic heterocycles. The molecule has 0 radical (unpaired) electrons. The summed E-state index contributed by atoms with van der Waals surface area (Å²) in [5.41, 5.74) is 2.59. The highest BCUT2D eigenvalue weighted by Gasteiger charge is 2.16. The molecule has 0 unspecified atom stereocenters. The van der Waals surface area contributed by atoms with E-state index in [0.717, 1.165) is 17.7 Å². The largest absolute Gasteiger partial charge is 0.268 e. The summed E-state index contributed by atoms with van der Waals surface area (Å²) in [6.45, 7) is 2.06. The van der Waals surface area contributed by atoms with Crippen molar-refractivity contribution >= 4 is 24.4 Å². The van der Waals surface area contributed by atoms with Crippen LogP contribution in [0.2, 0.25) is 0 Å². The summed E-state index contributed by atoms with van der Waals surface area (Å²) in [7, 11) is 0. The Kier molecular flexibility index (Phi) is 4.05. The predicted octanol–water partition coefficient (Wildman–Crippen LogP) is 3.74. The molecule has 0 heterocycles. The number of carbonyl (C=O) groups excluding carboxylic acids is 1. The molecule has 0 aliphatic carbocycles. The fourth-order valence-electron chi connectivity index (χ4n) is 1.83. The van der Waals surface area contributed by atoms with Crippen molar-refractivity contribution in [3.8, 4) is 0 Å². The minimum absolute atomic E-state index is 0.111. The zero-order valence-electron chi connectivity index (χ0n) is 10.2. The van der Waals surface area contributed by atoms with Crippen molar-refractivity contribution in [3.63, 3.8) is 0 Å². The van der Waals surface area contributed by atoms with Gasteiger partial charge in [-0.1, -0.05) is 56.1 Å². The molecule has 0 N–H and O–H groups in total. The van der Waals surface area contributed by atoms with Gasteiger partial charge in [0.1, 0.15) is 0 Å². The molecule has 92 valence electrons. The van der Waals surface area contributed by atoms with E-state index in [2.05, 4.69) is 19.7 Å². The number of thiol groups is 1. The maximum Gasteiger partial charge on any atom is 0.268 e. The first-order valence-corrected chi connectivity index (χ1v) is 6.30. The van der Waals surface area contributed by atoms with Crippen LogP contribution in [0.15, 0.2) is 54.6 Å². The van der Waals surface area contributed by atoms with E-state index >= 15 is 0 Å². The lowest BCUT2D eigenvalue weighted by atomic mass is 10.1. The summed E-state index contributed by atoms with van der Waals surface area (Å²) in [6.07, 6.45) is 0.870. The first kappa shape index (κ1) is 12.7. The molecule has 1 amide bonds. The first-order valence-electron chi connectivity index (χ1n) is 5.90. The average molecular weight is 257 g/mol. The molecular weight excluding hydrogens is 242 g/mol. The fraction of sp³-hybridized carbons (Fsp3) is 0.133. The van der Waals surface area contributed by atoms with Gasteiger partial charge < -0.3 is 0 Å². The highest BCUT2D eigenvalue weighted by atomic mass is 32.1. The van der Waals surface area contributed by atoms with Gasteiger partial charge in [-0.05, 0) is 30.2 Å². The van der Waals surface area contributed by atoms with E-state index in [4.69, 9.17) is 0 Å². The number of anilines is 1. The van der Waals surface area contributed by atoms with E-state index in [0.29, 0.717) is 5.56 Å². The summed E-state index contributed by atoms with van der Waals surface area (Å²) in [6, 6.07) is 17.0. The van der Waals surface area contributed by atoms with Gasteiger partial charge in [-0.15, -0.1) is 0 Å². The van der Waals surface area contributed by atoms with Crippen LogP contribution in [0.25, 0.3) is 0 Å². The van der Waals surface area contributed by atoms with Gasteiger partial charge in [-0.3, -0.25) is 9.10 Å². The van der Waals surface area contributed by atoms with Crippen LogP contribution in [-0.4, -0.2) is 5.91 Å². The molecule has 0 aliphatic rings. The van der Waals surface area contributed by atoms with Gasteiger partial charge in [-0.25, -0.2) is 0 Å². The molecule has 0 atom stereocenters. The Labute approximate surface area is 113 Å². The van der Waals surface area contributed by atoms with E-state index in [1.165, 1.54) is 4.31 Å². The molecular formula is C15H15NOS. The normalized spacial score (nSPS) is 10.1.